The van der Waals surface area contributed by atoms with Gasteiger partial charge in [0.15, 0.2) is 0 Å². The van der Waals surface area contributed by atoms with Crippen molar-refractivity contribution < 1.29 is 0 Å². The second-order valence-corrected chi connectivity index (χ2v) is 3.18. The standard InChI is InChI=1S/C11H16N/c1-4-11(12(2)3)10-8-6-5-7-9-10/h5-9,11H,1,4H2,2-3H3. The van der Waals surface area contributed by atoms with Gasteiger partial charge in [-0.3, -0.25) is 0 Å². The van der Waals surface area contributed by atoms with Gasteiger partial charge in [0, 0.05) is 6.04 Å². The van der Waals surface area contributed by atoms with Crippen LogP contribution in [0, 0.1) is 6.92 Å². The zero-order valence-corrected chi connectivity index (χ0v) is 7.83. The molecule has 1 aromatic rings. The molecule has 1 nitrogen and oxygen atoms in total. The molecular formula is C11H16N. The predicted octanol–water partition coefficient (Wildman–Crippen LogP) is 2.51. The smallest absolute Gasteiger partial charge is 0.0342 e. The Morgan fingerprint density at radius 2 is 1.83 bits per heavy atom. The minimum atomic E-state index is 0.450. The van der Waals surface area contributed by atoms with Crippen molar-refractivity contribution in [3.63, 3.8) is 0 Å². The van der Waals surface area contributed by atoms with Crippen LogP contribution < -0.4 is 0 Å². The van der Waals surface area contributed by atoms with Gasteiger partial charge >= 0.3 is 0 Å². The summed E-state index contributed by atoms with van der Waals surface area (Å²) in [5.41, 5.74) is 1.34. The van der Waals surface area contributed by atoms with E-state index in [0.29, 0.717) is 6.04 Å². The highest BCUT2D eigenvalue weighted by atomic mass is 15.1. The molecule has 0 aliphatic heterocycles. The number of rotatable bonds is 3. The molecule has 1 aromatic carbocycles. The molecule has 0 bridgehead atoms. The van der Waals surface area contributed by atoms with Gasteiger partial charge in [0.2, 0.25) is 0 Å². The topological polar surface area (TPSA) is 3.24 Å². The quantitative estimate of drug-likeness (QED) is 0.660. The van der Waals surface area contributed by atoms with Crippen molar-refractivity contribution in [2.75, 3.05) is 14.1 Å². The lowest BCUT2D eigenvalue weighted by Gasteiger charge is -2.22. The molecule has 0 aliphatic rings. The van der Waals surface area contributed by atoms with E-state index in [1.807, 2.05) is 6.07 Å². The van der Waals surface area contributed by atoms with Gasteiger partial charge in [0.25, 0.3) is 0 Å². The first kappa shape index (κ1) is 9.27. The summed E-state index contributed by atoms with van der Waals surface area (Å²) in [6.45, 7) is 3.94. The summed E-state index contributed by atoms with van der Waals surface area (Å²) in [6.07, 6.45) is 0.914. The predicted molar refractivity (Wildman–Crippen MR) is 52.8 cm³/mol. The molecule has 0 saturated carbocycles. The van der Waals surface area contributed by atoms with Crippen LogP contribution in [0.25, 0.3) is 0 Å². The number of nitrogens with zero attached hydrogens (tertiary/aromatic N) is 1. The van der Waals surface area contributed by atoms with Crippen molar-refractivity contribution in [2.45, 2.75) is 12.5 Å². The van der Waals surface area contributed by atoms with Gasteiger partial charge in [0.1, 0.15) is 0 Å². The van der Waals surface area contributed by atoms with Crippen molar-refractivity contribution in [1.29, 1.82) is 0 Å². The van der Waals surface area contributed by atoms with Crippen LogP contribution in [0.4, 0.5) is 0 Å². The Morgan fingerprint density at radius 1 is 1.25 bits per heavy atom. The van der Waals surface area contributed by atoms with Crippen molar-refractivity contribution in [1.82, 2.24) is 4.90 Å². The molecule has 0 amide bonds. The minimum absolute atomic E-state index is 0.450. The van der Waals surface area contributed by atoms with Crippen molar-refractivity contribution in [3.8, 4) is 0 Å². The molecule has 0 saturated heterocycles. The van der Waals surface area contributed by atoms with Gasteiger partial charge in [-0.1, -0.05) is 37.3 Å². The summed E-state index contributed by atoms with van der Waals surface area (Å²) in [7, 11) is 4.17. The van der Waals surface area contributed by atoms with Crippen LogP contribution in [-0.2, 0) is 0 Å². The first-order chi connectivity index (χ1) is 5.75. The first-order valence-electron chi connectivity index (χ1n) is 4.26. The Morgan fingerprint density at radius 3 is 2.25 bits per heavy atom. The molecule has 1 heteroatoms. The van der Waals surface area contributed by atoms with Crippen LogP contribution in [0.2, 0.25) is 0 Å². The lowest BCUT2D eigenvalue weighted by atomic mass is 10.0. The Hall–Kier alpha value is -0.820. The Labute approximate surface area is 75.0 Å². The third-order valence-electron chi connectivity index (χ3n) is 2.08. The lowest BCUT2D eigenvalue weighted by molar-refractivity contribution is 0.300. The van der Waals surface area contributed by atoms with Crippen LogP contribution in [-0.4, -0.2) is 19.0 Å². The average molecular weight is 162 g/mol. The number of hydrogen-bond acceptors (Lipinski definition) is 1. The second-order valence-electron chi connectivity index (χ2n) is 3.18. The summed E-state index contributed by atoms with van der Waals surface area (Å²) in [6, 6.07) is 10.9. The molecule has 1 radical (unpaired) electrons. The molecular weight excluding hydrogens is 146 g/mol. The molecule has 1 rings (SSSR count). The zero-order valence-electron chi connectivity index (χ0n) is 7.83. The van der Waals surface area contributed by atoms with Crippen LogP contribution >= 0.6 is 0 Å². The molecule has 12 heavy (non-hydrogen) atoms. The summed E-state index contributed by atoms with van der Waals surface area (Å²) in [5, 5.41) is 0. The van der Waals surface area contributed by atoms with Crippen LogP contribution in [0.1, 0.15) is 18.0 Å². The third-order valence-corrected chi connectivity index (χ3v) is 2.08. The van der Waals surface area contributed by atoms with E-state index in [4.69, 9.17) is 0 Å². The summed E-state index contributed by atoms with van der Waals surface area (Å²) < 4.78 is 0. The Kier molecular flexibility index (Phi) is 3.30. The second kappa shape index (κ2) is 4.27. The third kappa shape index (κ3) is 2.08. The van der Waals surface area contributed by atoms with E-state index in [0.717, 1.165) is 6.42 Å². The summed E-state index contributed by atoms with van der Waals surface area (Å²) in [4.78, 5) is 2.20. The van der Waals surface area contributed by atoms with Gasteiger partial charge in [-0.25, -0.2) is 0 Å². The maximum absolute atomic E-state index is 3.94. The fourth-order valence-corrected chi connectivity index (χ4v) is 1.40. The van der Waals surface area contributed by atoms with Crippen molar-refractivity contribution >= 4 is 0 Å². The molecule has 0 N–H and O–H groups in total. The highest BCUT2D eigenvalue weighted by molar-refractivity contribution is 5.18. The monoisotopic (exact) mass is 162 g/mol. The van der Waals surface area contributed by atoms with Crippen molar-refractivity contribution in [2.24, 2.45) is 0 Å². The molecule has 0 spiro atoms. The number of benzene rings is 1. The zero-order chi connectivity index (χ0) is 8.97. The highest BCUT2D eigenvalue weighted by Gasteiger charge is 2.09. The van der Waals surface area contributed by atoms with E-state index in [1.165, 1.54) is 5.56 Å². The molecule has 0 fully saturated rings. The van der Waals surface area contributed by atoms with E-state index in [9.17, 15) is 0 Å². The van der Waals surface area contributed by atoms with Gasteiger partial charge in [-0.15, -0.1) is 0 Å². The normalized spacial score (nSPS) is 13.3. The first-order valence-corrected chi connectivity index (χ1v) is 4.26. The fourth-order valence-electron chi connectivity index (χ4n) is 1.40. The van der Waals surface area contributed by atoms with E-state index in [-0.39, 0.29) is 0 Å². The summed E-state index contributed by atoms with van der Waals surface area (Å²) >= 11 is 0. The maximum atomic E-state index is 3.94. The van der Waals surface area contributed by atoms with E-state index in [2.05, 4.69) is 50.2 Å². The van der Waals surface area contributed by atoms with E-state index < -0.39 is 0 Å². The van der Waals surface area contributed by atoms with Gasteiger partial charge in [-0.05, 0) is 26.1 Å². The minimum Gasteiger partial charge on any atom is -0.302 e. The molecule has 0 heterocycles. The van der Waals surface area contributed by atoms with Gasteiger partial charge < -0.3 is 4.90 Å². The number of hydrogen-bond donors (Lipinski definition) is 0. The van der Waals surface area contributed by atoms with E-state index >= 15 is 0 Å². The largest absolute Gasteiger partial charge is 0.302 e. The van der Waals surface area contributed by atoms with Gasteiger partial charge in [-0.2, -0.15) is 0 Å². The highest BCUT2D eigenvalue weighted by Crippen LogP contribution is 2.20. The SMILES string of the molecule is [CH2]CC(c1ccccc1)N(C)C. The van der Waals surface area contributed by atoms with Crippen molar-refractivity contribution in [3.05, 3.63) is 42.8 Å². The molecule has 1 unspecified atom stereocenters. The van der Waals surface area contributed by atoms with Gasteiger partial charge in [0.05, 0.1) is 0 Å². The Balaban J connectivity index is 2.80. The van der Waals surface area contributed by atoms with Crippen LogP contribution in [0.15, 0.2) is 30.3 Å². The Bertz CT molecular complexity index is 216. The average Bonchev–Trinajstić information content (AvgIpc) is 2.07. The molecule has 1 atom stereocenters. The maximum Gasteiger partial charge on any atom is 0.0342 e. The molecule has 0 aliphatic carbocycles. The van der Waals surface area contributed by atoms with Crippen LogP contribution in [0.5, 0.6) is 0 Å². The lowest BCUT2D eigenvalue weighted by Crippen LogP contribution is -2.18. The van der Waals surface area contributed by atoms with Crippen LogP contribution in [0.3, 0.4) is 0 Å². The van der Waals surface area contributed by atoms with E-state index in [1.54, 1.807) is 0 Å². The fraction of sp³-hybridized carbons (Fsp3) is 0.364. The molecule has 0 aromatic heterocycles. The molecule has 65 valence electrons. The summed E-state index contributed by atoms with van der Waals surface area (Å²) in [5.74, 6) is 0.